The fourth-order valence-corrected chi connectivity index (χ4v) is 2.04. The fraction of sp³-hybridized carbons (Fsp3) is 0.176. The lowest BCUT2D eigenvalue weighted by Gasteiger charge is -2.18. The number of benzene rings is 2. The Labute approximate surface area is 151 Å². The van der Waals surface area contributed by atoms with Crippen LogP contribution in [0.2, 0.25) is 0 Å². The van der Waals surface area contributed by atoms with Crippen LogP contribution in [0.15, 0.2) is 60.7 Å². The van der Waals surface area contributed by atoms with Crippen molar-refractivity contribution in [3.8, 4) is 0 Å². The molecule has 0 N–H and O–H groups in total. The lowest BCUT2D eigenvalue weighted by Crippen LogP contribution is -2.42. The van der Waals surface area contributed by atoms with Gasteiger partial charge in [-0.15, -0.1) is 0 Å². The molecule has 0 saturated carbocycles. The van der Waals surface area contributed by atoms with Crippen molar-refractivity contribution in [1.82, 2.24) is 0 Å². The topological polar surface area (TPSA) is 95.7 Å². The van der Waals surface area contributed by atoms with E-state index in [1.165, 1.54) is 24.3 Å². The van der Waals surface area contributed by atoms with Gasteiger partial charge in [-0.1, -0.05) is 36.4 Å². The molecule has 0 radical (unpaired) electrons. The van der Waals surface area contributed by atoms with E-state index in [1.807, 2.05) is 0 Å². The van der Waals surface area contributed by atoms with E-state index in [0.717, 1.165) is 0 Å². The Morgan fingerprint density at radius 1 is 0.880 bits per heavy atom. The Balaban J connectivity index is 1.97. The minimum atomic E-state index is -1.93. The monoisotopic (exact) mass is 407 g/mol. The second kappa shape index (κ2) is 8.39. The average molecular weight is 408 g/mol. The molecule has 0 aliphatic carbocycles. The van der Waals surface area contributed by atoms with Gasteiger partial charge in [0.05, 0.1) is 11.1 Å². The molecule has 25 heavy (non-hydrogen) atoms. The van der Waals surface area contributed by atoms with Gasteiger partial charge < -0.3 is 9.47 Å². The van der Waals surface area contributed by atoms with E-state index < -0.39 is 34.5 Å². The minimum absolute atomic E-state index is 0.266. The lowest BCUT2D eigenvalue weighted by atomic mass is 10.2. The number of ether oxygens (including phenoxy) is 2. The average Bonchev–Trinajstić information content (AvgIpc) is 2.65. The highest BCUT2D eigenvalue weighted by molar-refractivity contribution is 9.10. The van der Waals surface area contributed by atoms with Crippen molar-refractivity contribution in [3.05, 3.63) is 81.9 Å². The van der Waals surface area contributed by atoms with Crippen LogP contribution in [0.25, 0.3) is 0 Å². The molecule has 130 valence electrons. The summed E-state index contributed by atoms with van der Waals surface area (Å²) in [4.78, 5) is 34.4. The summed E-state index contributed by atoms with van der Waals surface area (Å²) in [5.41, 5.74) is 0.531. The zero-order valence-electron chi connectivity index (χ0n) is 13.0. The third-order valence-electron chi connectivity index (χ3n) is 3.20. The quantitative estimate of drug-likeness (QED) is 0.230. The first kappa shape index (κ1) is 18.6. The molecule has 0 aliphatic rings. The van der Waals surface area contributed by atoms with Gasteiger partial charge in [-0.05, 0) is 24.3 Å². The van der Waals surface area contributed by atoms with Crippen LogP contribution in [0.5, 0.6) is 0 Å². The highest BCUT2D eigenvalue weighted by Crippen LogP contribution is 2.21. The van der Waals surface area contributed by atoms with E-state index in [-0.39, 0.29) is 11.1 Å². The summed E-state index contributed by atoms with van der Waals surface area (Å²) in [5, 5.41) is 11.3. The molecule has 0 spiro atoms. The predicted octanol–water partition coefficient (Wildman–Crippen LogP) is 3.07. The van der Waals surface area contributed by atoms with Gasteiger partial charge in [0.25, 0.3) is 0 Å². The molecule has 7 nitrogen and oxygen atoms in total. The van der Waals surface area contributed by atoms with Crippen molar-refractivity contribution in [2.24, 2.45) is 0 Å². The Bertz CT molecular complexity index is 695. The number of halogens is 1. The van der Waals surface area contributed by atoms with Gasteiger partial charge in [-0.2, -0.15) is 0 Å². The molecule has 0 aromatic heterocycles. The molecule has 8 heteroatoms. The summed E-state index contributed by atoms with van der Waals surface area (Å²) in [7, 11) is 0. The summed E-state index contributed by atoms with van der Waals surface area (Å²) < 4.78 is 8.02. The van der Waals surface area contributed by atoms with Crippen molar-refractivity contribution in [3.63, 3.8) is 0 Å². The number of hydrogen-bond donors (Lipinski definition) is 0. The number of carbonyl (C=O) groups is 2. The fourth-order valence-electron chi connectivity index (χ4n) is 1.81. The summed E-state index contributed by atoms with van der Waals surface area (Å²) in [6.07, 6.45) is 0. The zero-order valence-corrected chi connectivity index (χ0v) is 14.5. The third-order valence-corrected chi connectivity index (χ3v) is 3.94. The largest absolute Gasteiger partial charge is 0.453 e. The van der Waals surface area contributed by atoms with Crippen molar-refractivity contribution >= 4 is 27.9 Å². The van der Waals surface area contributed by atoms with Gasteiger partial charge in [0, 0.05) is 20.9 Å². The van der Waals surface area contributed by atoms with Gasteiger partial charge in [0.2, 0.25) is 0 Å². The van der Waals surface area contributed by atoms with Crippen molar-refractivity contribution < 1.29 is 24.0 Å². The first-order chi connectivity index (χ1) is 11.9. The van der Waals surface area contributed by atoms with Crippen LogP contribution in [0.3, 0.4) is 0 Å². The summed E-state index contributed by atoms with van der Waals surface area (Å²) >= 11 is 2.90. The SMILES string of the molecule is O=C(OCC(Br)(COC(=O)c1ccccc1)[N+](=O)[O-])c1ccccc1. The maximum atomic E-state index is 11.9. The first-order valence-electron chi connectivity index (χ1n) is 7.20. The number of nitro groups is 1. The van der Waals surface area contributed by atoms with E-state index in [2.05, 4.69) is 15.9 Å². The summed E-state index contributed by atoms with van der Waals surface area (Å²) in [6.45, 7) is -1.20. The van der Waals surface area contributed by atoms with Crippen LogP contribution in [0.4, 0.5) is 0 Å². The van der Waals surface area contributed by atoms with E-state index in [4.69, 9.17) is 9.47 Å². The standard InChI is InChI=1S/C17H14BrNO6/c18-17(19(22)23,11-24-15(20)13-7-3-1-4-8-13)12-25-16(21)14-9-5-2-6-10-14/h1-10H,11-12H2. The number of esters is 2. The van der Waals surface area contributed by atoms with Crippen LogP contribution in [-0.4, -0.2) is 34.5 Å². The number of nitrogens with zero attached hydrogens (tertiary/aromatic N) is 1. The Kier molecular flexibility index (Phi) is 6.24. The predicted molar refractivity (Wildman–Crippen MR) is 92.1 cm³/mol. The summed E-state index contributed by atoms with van der Waals surface area (Å²) in [5.74, 6) is -1.42. The molecule has 0 amide bonds. The van der Waals surface area contributed by atoms with Crippen LogP contribution in [0.1, 0.15) is 20.7 Å². The first-order valence-corrected chi connectivity index (χ1v) is 7.99. The molecule has 0 saturated heterocycles. The van der Waals surface area contributed by atoms with Gasteiger partial charge in [0.15, 0.2) is 13.2 Å². The van der Waals surface area contributed by atoms with Gasteiger partial charge >= 0.3 is 16.4 Å². The van der Waals surface area contributed by atoms with Crippen molar-refractivity contribution in [2.75, 3.05) is 13.2 Å². The normalized spacial score (nSPS) is 10.8. The van der Waals surface area contributed by atoms with Crippen LogP contribution < -0.4 is 0 Å². The molecule has 0 unspecified atom stereocenters. The van der Waals surface area contributed by atoms with E-state index >= 15 is 0 Å². The highest BCUT2D eigenvalue weighted by atomic mass is 79.9. The van der Waals surface area contributed by atoms with E-state index in [0.29, 0.717) is 0 Å². The molecule has 2 rings (SSSR count). The molecule has 2 aromatic carbocycles. The maximum absolute atomic E-state index is 11.9. The Morgan fingerprint density at radius 3 is 1.56 bits per heavy atom. The minimum Gasteiger partial charge on any atom is -0.453 e. The number of carbonyl (C=O) groups excluding carboxylic acids is 2. The van der Waals surface area contributed by atoms with Crippen molar-refractivity contribution in [2.45, 2.75) is 4.45 Å². The molecule has 0 aliphatic heterocycles. The second-order valence-corrected chi connectivity index (χ2v) is 6.54. The van der Waals surface area contributed by atoms with Gasteiger partial charge in [-0.3, -0.25) is 10.1 Å². The molecule has 0 fully saturated rings. The number of hydrogen-bond acceptors (Lipinski definition) is 6. The smallest absolute Gasteiger partial charge is 0.341 e. The lowest BCUT2D eigenvalue weighted by molar-refractivity contribution is -0.541. The summed E-state index contributed by atoms with van der Waals surface area (Å²) in [6, 6.07) is 16.1. The molecule has 0 heterocycles. The Morgan fingerprint density at radius 2 is 1.24 bits per heavy atom. The second-order valence-electron chi connectivity index (χ2n) is 5.06. The maximum Gasteiger partial charge on any atom is 0.341 e. The molecule has 0 atom stereocenters. The van der Waals surface area contributed by atoms with Gasteiger partial charge in [-0.25, -0.2) is 9.59 Å². The van der Waals surface area contributed by atoms with Gasteiger partial charge in [0.1, 0.15) is 0 Å². The van der Waals surface area contributed by atoms with E-state index in [9.17, 15) is 19.7 Å². The van der Waals surface area contributed by atoms with Crippen molar-refractivity contribution in [1.29, 1.82) is 0 Å². The number of alkyl halides is 1. The van der Waals surface area contributed by atoms with Crippen LogP contribution in [0, 0.1) is 10.1 Å². The highest BCUT2D eigenvalue weighted by Gasteiger charge is 2.43. The Hall–Kier alpha value is -2.74. The molecule has 0 bridgehead atoms. The molecule has 2 aromatic rings. The molecular formula is C17H14BrNO6. The van der Waals surface area contributed by atoms with E-state index in [1.54, 1.807) is 36.4 Å². The van der Waals surface area contributed by atoms with Crippen LogP contribution >= 0.6 is 15.9 Å². The van der Waals surface area contributed by atoms with Crippen LogP contribution in [-0.2, 0) is 9.47 Å². The zero-order chi connectivity index (χ0) is 18.3. The third kappa shape index (κ3) is 5.12. The molecular weight excluding hydrogens is 394 g/mol. The number of rotatable bonds is 7.